The Bertz CT molecular complexity index is 1780. The van der Waals surface area contributed by atoms with Gasteiger partial charge in [-0.05, 0) is 135 Å². The Balaban J connectivity index is 1.07. The number of benzene rings is 1. The lowest BCUT2D eigenvalue weighted by molar-refractivity contribution is -0.177. The number of hydrogen-bond donors (Lipinski definition) is 2. The second-order valence-corrected chi connectivity index (χ2v) is 22.3. The lowest BCUT2D eigenvalue weighted by Crippen LogP contribution is -2.67. The molecular formula is C50H71NO5. The van der Waals surface area contributed by atoms with Crippen LogP contribution in [0.4, 0.5) is 4.79 Å². The van der Waals surface area contributed by atoms with Gasteiger partial charge in [0.05, 0.1) is 18.2 Å². The van der Waals surface area contributed by atoms with E-state index in [0.717, 1.165) is 62.9 Å². The van der Waals surface area contributed by atoms with E-state index in [1.165, 1.54) is 19.3 Å². The minimum atomic E-state index is -1.12. The monoisotopic (exact) mass is 766 g/mol. The van der Waals surface area contributed by atoms with E-state index >= 15 is 0 Å². The number of Topliss-reactive ketones (excluding diaryl/α,β-unsaturated/α-hetero) is 1. The van der Waals surface area contributed by atoms with Gasteiger partial charge in [-0.25, -0.2) is 4.79 Å². The minimum absolute atomic E-state index is 0.0410. The van der Waals surface area contributed by atoms with Crippen molar-refractivity contribution in [2.24, 2.45) is 74.4 Å². The minimum Gasteiger partial charge on any atom is -0.446 e. The van der Waals surface area contributed by atoms with Gasteiger partial charge in [0.25, 0.3) is 0 Å². The molecule has 2 N–H and O–H groups in total. The zero-order chi connectivity index (χ0) is 39.6. The quantitative estimate of drug-likeness (QED) is 0.203. The maximum atomic E-state index is 14.9. The molecule has 306 valence electrons. The van der Waals surface area contributed by atoms with E-state index in [0.29, 0.717) is 60.0 Å². The molecule has 7 fully saturated rings. The molecular weight excluding hydrogens is 695 g/mol. The van der Waals surface area contributed by atoms with E-state index in [1.807, 2.05) is 35.2 Å². The van der Waals surface area contributed by atoms with Crippen LogP contribution in [0.25, 0.3) is 0 Å². The highest BCUT2D eigenvalue weighted by Gasteiger charge is 2.74. The highest BCUT2D eigenvalue weighted by molar-refractivity contribution is 6.10. The average molecular weight is 766 g/mol. The SMILES string of the molecule is CC1CCC(C(C)C)C(OC(=O)N(CC2CCC3CC2C3(C)C)CC2(O)CCC3C45C=CC6(C=C4C(=O)c4ccccc4)CC(O)CCC6(C)C5CCC32C)C1. The molecule has 7 saturated carbocycles. The number of hydrogen-bond acceptors (Lipinski definition) is 5. The first kappa shape index (κ1) is 39.0. The molecule has 0 heterocycles. The number of amides is 1. The summed E-state index contributed by atoms with van der Waals surface area (Å²) in [5, 5.41) is 24.5. The number of allylic oxidation sites excluding steroid dienone is 4. The summed E-state index contributed by atoms with van der Waals surface area (Å²) >= 11 is 0. The van der Waals surface area contributed by atoms with Crippen LogP contribution in [-0.2, 0) is 4.74 Å². The molecule has 2 spiro atoms. The highest BCUT2D eigenvalue weighted by Crippen LogP contribution is 2.78. The smallest absolute Gasteiger partial charge is 0.410 e. The third-order valence-corrected chi connectivity index (χ3v) is 19.4. The number of nitrogens with zero attached hydrogens (tertiary/aromatic N) is 1. The fourth-order valence-corrected chi connectivity index (χ4v) is 15.8. The maximum absolute atomic E-state index is 14.9. The molecule has 11 rings (SSSR count). The zero-order valence-corrected chi connectivity index (χ0v) is 35.6. The van der Waals surface area contributed by atoms with Crippen molar-refractivity contribution >= 4 is 11.9 Å². The van der Waals surface area contributed by atoms with Crippen LogP contribution >= 0.6 is 0 Å². The van der Waals surface area contributed by atoms with E-state index in [-0.39, 0.29) is 53.3 Å². The Kier molecular flexibility index (Phi) is 9.26. The first-order valence-corrected chi connectivity index (χ1v) is 22.9. The first-order chi connectivity index (χ1) is 26.5. The van der Waals surface area contributed by atoms with Gasteiger partial charge in [-0.2, -0.15) is 0 Å². The number of ketones is 1. The van der Waals surface area contributed by atoms with E-state index in [2.05, 4.69) is 66.7 Å². The third-order valence-electron chi connectivity index (χ3n) is 19.4. The van der Waals surface area contributed by atoms with Crippen LogP contribution in [0.3, 0.4) is 0 Å². The summed E-state index contributed by atoms with van der Waals surface area (Å²) in [5.74, 6) is 3.47. The molecule has 1 aromatic carbocycles. The summed E-state index contributed by atoms with van der Waals surface area (Å²) in [5.41, 5.74) is -0.720. The molecule has 10 aliphatic rings. The molecule has 6 heteroatoms. The molecule has 14 atom stereocenters. The van der Waals surface area contributed by atoms with Crippen molar-refractivity contribution < 1.29 is 24.5 Å². The molecule has 6 nitrogen and oxygen atoms in total. The summed E-state index contributed by atoms with van der Waals surface area (Å²) in [6.45, 7) is 17.4. The van der Waals surface area contributed by atoms with Gasteiger partial charge in [0.2, 0.25) is 0 Å². The van der Waals surface area contributed by atoms with Crippen LogP contribution in [0.2, 0.25) is 0 Å². The predicted molar refractivity (Wildman–Crippen MR) is 221 cm³/mol. The molecule has 1 amide bonds. The maximum Gasteiger partial charge on any atom is 0.410 e. The van der Waals surface area contributed by atoms with Gasteiger partial charge in [-0.1, -0.05) is 103 Å². The first-order valence-electron chi connectivity index (χ1n) is 22.9. The normalized spacial score (nSPS) is 46.9. The van der Waals surface area contributed by atoms with Gasteiger partial charge in [0, 0.05) is 33.9 Å². The van der Waals surface area contributed by atoms with Crippen LogP contribution in [0.5, 0.6) is 0 Å². The van der Waals surface area contributed by atoms with Crippen molar-refractivity contribution in [3.63, 3.8) is 0 Å². The molecule has 0 aromatic heterocycles. The van der Waals surface area contributed by atoms with Crippen LogP contribution in [0.15, 0.2) is 54.1 Å². The standard InChI is InChI=1S/C50H71NO5/c1-31(2)37-16-13-32(3)25-40(37)56-44(54)51(29-34-14-15-35-26-38(34)45(35,4)5)30-49(55)22-19-42-47(49,7)21-18-41-46(6)20-17-36(52)27-48(46)23-24-50(41,42)39(28-48)43(53)33-11-9-8-10-12-33/h8-12,23-24,28,31-32,34-38,40-42,52,55H,13-22,25-27,29-30H2,1-7H3. The summed E-state index contributed by atoms with van der Waals surface area (Å²) in [7, 11) is 0. The molecule has 0 aliphatic heterocycles. The van der Waals surface area contributed by atoms with Gasteiger partial charge in [0.1, 0.15) is 6.10 Å². The van der Waals surface area contributed by atoms with Crippen LogP contribution < -0.4 is 0 Å². The number of fused-ring (bicyclic) bond motifs is 3. The fourth-order valence-electron chi connectivity index (χ4n) is 15.8. The van der Waals surface area contributed by atoms with Crippen molar-refractivity contribution in [3.05, 3.63) is 59.7 Å². The number of aliphatic hydroxyl groups is 2. The van der Waals surface area contributed by atoms with Crippen molar-refractivity contribution in [1.82, 2.24) is 4.90 Å². The summed E-state index contributed by atoms with van der Waals surface area (Å²) < 4.78 is 6.67. The number of carbonyl (C=O) groups is 2. The number of carbonyl (C=O) groups excluding carboxylic acids is 2. The van der Waals surface area contributed by atoms with Crippen LogP contribution in [-0.4, -0.2) is 57.9 Å². The third kappa shape index (κ3) is 5.45. The number of ether oxygens (including phenoxy) is 1. The predicted octanol–water partition coefficient (Wildman–Crippen LogP) is 10.4. The lowest BCUT2D eigenvalue weighted by Gasteiger charge is -2.71. The molecule has 4 bridgehead atoms. The van der Waals surface area contributed by atoms with E-state index in [9.17, 15) is 19.8 Å². The Hall–Kier alpha value is -2.44. The molecule has 1 aromatic rings. The summed E-state index contributed by atoms with van der Waals surface area (Å²) in [4.78, 5) is 31.7. The lowest BCUT2D eigenvalue weighted by atomic mass is 9.32. The second kappa shape index (κ2) is 13.3. The second-order valence-electron chi connectivity index (χ2n) is 22.3. The zero-order valence-electron chi connectivity index (χ0n) is 35.6. The van der Waals surface area contributed by atoms with Crippen molar-refractivity contribution in [1.29, 1.82) is 0 Å². The Morgan fingerprint density at radius 2 is 1.59 bits per heavy atom. The molecule has 0 saturated heterocycles. The van der Waals surface area contributed by atoms with Crippen molar-refractivity contribution in [2.75, 3.05) is 13.1 Å². The average Bonchev–Trinajstić information content (AvgIpc) is 3.44. The fraction of sp³-hybridized carbons (Fsp3) is 0.760. The van der Waals surface area contributed by atoms with Crippen LogP contribution in [0, 0.1) is 74.4 Å². The summed E-state index contributed by atoms with van der Waals surface area (Å²) in [6, 6.07) is 9.75. The van der Waals surface area contributed by atoms with E-state index < -0.39 is 16.4 Å². The number of rotatable bonds is 8. The van der Waals surface area contributed by atoms with E-state index in [1.54, 1.807) is 0 Å². The van der Waals surface area contributed by atoms with Gasteiger partial charge >= 0.3 is 6.09 Å². The molecule has 56 heavy (non-hydrogen) atoms. The van der Waals surface area contributed by atoms with Crippen LogP contribution in [0.1, 0.15) is 142 Å². The number of aliphatic hydroxyl groups excluding tert-OH is 1. The molecule has 10 aliphatic carbocycles. The Morgan fingerprint density at radius 1 is 0.875 bits per heavy atom. The van der Waals surface area contributed by atoms with E-state index in [4.69, 9.17) is 4.74 Å². The largest absolute Gasteiger partial charge is 0.446 e. The van der Waals surface area contributed by atoms with Crippen molar-refractivity contribution in [3.8, 4) is 0 Å². The molecule has 14 unspecified atom stereocenters. The molecule has 0 radical (unpaired) electrons. The van der Waals surface area contributed by atoms with Gasteiger partial charge in [0.15, 0.2) is 5.78 Å². The van der Waals surface area contributed by atoms with Crippen molar-refractivity contribution in [2.45, 2.75) is 150 Å². The van der Waals surface area contributed by atoms with Gasteiger partial charge < -0.3 is 19.8 Å². The Morgan fingerprint density at radius 3 is 2.30 bits per heavy atom. The highest BCUT2D eigenvalue weighted by atomic mass is 16.6. The van der Waals surface area contributed by atoms with Gasteiger partial charge in [-0.3, -0.25) is 4.79 Å². The topological polar surface area (TPSA) is 87.1 Å². The Labute approximate surface area is 337 Å². The summed E-state index contributed by atoms with van der Waals surface area (Å²) in [6.07, 6.45) is 18.7. The van der Waals surface area contributed by atoms with Gasteiger partial charge in [-0.15, -0.1) is 0 Å².